The van der Waals surface area contributed by atoms with Gasteiger partial charge in [0.25, 0.3) is 5.91 Å². The number of nitrogens with one attached hydrogen (secondary N) is 1. The second-order valence-corrected chi connectivity index (χ2v) is 6.76. The Morgan fingerprint density at radius 1 is 1.00 bits per heavy atom. The first-order valence-electron chi connectivity index (χ1n) is 9.04. The minimum atomic E-state index is -4.84. The van der Waals surface area contributed by atoms with Crippen molar-refractivity contribution in [2.24, 2.45) is 0 Å². The molecule has 0 aromatic heterocycles. The second-order valence-electron chi connectivity index (χ2n) is 6.76. The van der Waals surface area contributed by atoms with E-state index in [0.717, 1.165) is 17.0 Å². The fourth-order valence-corrected chi connectivity index (χ4v) is 3.23. The molecule has 0 saturated heterocycles. The molecular weight excluding hydrogens is 430 g/mol. The van der Waals surface area contributed by atoms with E-state index >= 15 is 0 Å². The Hall–Kier alpha value is -3.24. The number of carbonyl (C=O) groups is 2. The van der Waals surface area contributed by atoms with E-state index in [1.54, 1.807) is 12.1 Å². The van der Waals surface area contributed by atoms with Gasteiger partial charge in [0.05, 0.1) is 6.42 Å². The van der Waals surface area contributed by atoms with Gasteiger partial charge in [0.1, 0.15) is 11.8 Å². The average Bonchev–Trinajstić information content (AvgIpc) is 2.96. The molecule has 2 aromatic rings. The summed E-state index contributed by atoms with van der Waals surface area (Å²) in [7, 11) is 0. The van der Waals surface area contributed by atoms with Gasteiger partial charge in [-0.25, -0.2) is 0 Å². The molecule has 1 atom stereocenters. The normalized spacial score (nSPS) is 16.3. The van der Waals surface area contributed by atoms with Crippen LogP contribution in [0.2, 0.25) is 0 Å². The number of hydrogen-bond donors (Lipinski definition) is 1. The third-order valence-corrected chi connectivity index (χ3v) is 4.57. The van der Waals surface area contributed by atoms with Crippen LogP contribution >= 0.6 is 0 Å². The van der Waals surface area contributed by atoms with Crippen molar-refractivity contribution in [1.29, 1.82) is 0 Å². The number of alkyl halides is 6. The summed E-state index contributed by atoms with van der Waals surface area (Å²) in [5.41, 5.74) is 0.877. The molecule has 0 fully saturated rings. The van der Waals surface area contributed by atoms with Gasteiger partial charge < -0.3 is 15.0 Å². The Balaban J connectivity index is 1.71. The first kappa shape index (κ1) is 22.4. The molecule has 31 heavy (non-hydrogen) atoms. The number of hydrogen-bond acceptors (Lipinski definition) is 3. The fourth-order valence-electron chi connectivity index (χ4n) is 3.23. The standard InChI is InChI=1S/C20H16F6N2O3/c21-19(22,23)9-10-28-16(14-3-1-2-4-15(14)18(28)30)17(29)27-11-12-5-7-13(8-6-12)31-20(24,25)26/h1-8,16H,9-11H2,(H,27,29). The summed E-state index contributed by atoms with van der Waals surface area (Å²) in [6.45, 7) is -0.788. The van der Waals surface area contributed by atoms with Crippen molar-refractivity contribution in [1.82, 2.24) is 10.2 Å². The molecule has 1 aliphatic heterocycles. The summed E-state index contributed by atoms with van der Waals surface area (Å²) in [5.74, 6) is -1.80. The monoisotopic (exact) mass is 446 g/mol. The van der Waals surface area contributed by atoms with Crippen molar-refractivity contribution >= 4 is 11.8 Å². The van der Waals surface area contributed by atoms with Crippen molar-refractivity contribution in [3.05, 3.63) is 65.2 Å². The van der Waals surface area contributed by atoms with Gasteiger partial charge in [0, 0.05) is 18.7 Å². The Kier molecular flexibility index (Phi) is 6.14. The maximum absolute atomic E-state index is 12.8. The third kappa shape index (κ3) is 5.68. The predicted octanol–water partition coefficient (Wildman–Crippen LogP) is 4.35. The number of nitrogens with zero attached hydrogens (tertiary/aromatic N) is 1. The van der Waals surface area contributed by atoms with Crippen LogP contribution in [0.25, 0.3) is 0 Å². The number of carbonyl (C=O) groups excluding carboxylic acids is 2. The van der Waals surface area contributed by atoms with Crippen LogP contribution in [0.1, 0.15) is 33.9 Å². The van der Waals surface area contributed by atoms with Crippen molar-refractivity contribution < 1.29 is 40.7 Å². The van der Waals surface area contributed by atoms with Crippen LogP contribution in [-0.4, -0.2) is 35.8 Å². The van der Waals surface area contributed by atoms with Gasteiger partial charge in [-0.3, -0.25) is 9.59 Å². The zero-order valence-corrected chi connectivity index (χ0v) is 15.8. The maximum Gasteiger partial charge on any atom is 0.573 e. The minimum Gasteiger partial charge on any atom is -0.406 e. The SMILES string of the molecule is O=C(NCc1ccc(OC(F)(F)F)cc1)C1c2ccccc2C(=O)N1CCC(F)(F)F. The first-order chi connectivity index (χ1) is 14.4. The van der Waals surface area contributed by atoms with Crippen LogP contribution in [0.3, 0.4) is 0 Å². The molecule has 0 spiro atoms. The van der Waals surface area contributed by atoms with Gasteiger partial charge in [-0.05, 0) is 29.3 Å². The average molecular weight is 446 g/mol. The Morgan fingerprint density at radius 2 is 1.65 bits per heavy atom. The molecule has 0 saturated carbocycles. The molecule has 1 N–H and O–H groups in total. The highest BCUT2D eigenvalue weighted by molar-refractivity contribution is 6.04. The Morgan fingerprint density at radius 3 is 2.26 bits per heavy atom. The van der Waals surface area contributed by atoms with Gasteiger partial charge >= 0.3 is 12.5 Å². The van der Waals surface area contributed by atoms with E-state index in [9.17, 15) is 35.9 Å². The minimum absolute atomic E-state index is 0.106. The van der Waals surface area contributed by atoms with Crippen molar-refractivity contribution in [2.45, 2.75) is 31.5 Å². The lowest BCUT2D eigenvalue weighted by atomic mass is 10.0. The summed E-state index contributed by atoms with van der Waals surface area (Å²) in [5, 5.41) is 2.52. The Labute approximate surface area is 172 Å². The van der Waals surface area contributed by atoms with E-state index in [0.29, 0.717) is 11.1 Å². The highest BCUT2D eigenvalue weighted by Gasteiger charge is 2.42. The number of ether oxygens (including phenoxy) is 1. The predicted molar refractivity (Wildman–Crippen MR) is 95.9 cm³/mol. The summed E-state index contributed by atoms with van der Waals surface area (Å²) in [4.78, 5) is 26.2. The van der Waals surface area contributed by atoms with E-state index in [2.05, 4.69) is 10.1 Å². The molecule has 11 heteroatoms. The largest absolute Gasteiger partial charge is 0.573 e. The second kappa shape index (κ2) is 8.48. The lowest BCUT2D eigenvalue weighted by molar-refractivity contribution is -0.274. The van der Waals surface area contributed by atoms with Crippen molar-refractivity contribution in [3.63, 3.8) is 0 Å². The van der Waals surface area contributed by atoms with Crippen molar-refractivity contribution in [2.75, 3.05) is 6.54 Å². The highest BCUT2D eigenvalue weighted by Crippen LogP contribution is 2.35. The molecule has 0 bridgehead atoms. The highest BCUT2D eigenvalue weighted by atomic mass is 19.4. The Bertz CT molecular complexity index is 957. The van der Waals surface area contributed by atoms with E-state index in [-0.39, 0.29) is 12.1 Å². The van der Waals surface area contributed by atoms with Crippen LogP contribution in [0.4, 0.5) is 26.3 Å². The zero-order valence-electron chi connectivity index (χ0n) is 15.8. The lowest BCUT2D eigenvalue weighted by Crippen LogP contribution is -2.40. The molecule has 1 heterocycles. The molecule has 166 valence electrons. The molecular formula is C20H16F6N2O3. The number of amides is 2. The quantitative estimate of drug-likeness (QED) is 0.672. The topological polar surface area (TPSA) is 58.6 Å². The summed E-state index contributed by atoms with van der Waals surface area (Å²) in [6.07, 6.45) is -10.6. The number of benzene rings is 2. The van der Waals surface area contributed by atoms with Crippen molar-refractivity contribution in [3.8, 4) is 5.75 Å². The van der Waals surface area contributed by atoms with Gasteiger partial charge in [-0.1, -0.05) is 30.3 Å². The van der Waals surface area contributed by atoms with Gasteiger partial charge in [-0.2, -0.15) is 13.2 Å². The fraction of sp³-hybridized carbons (Fsp3) is 0.300. The first-order valence-corrected chi connectivity index (χ1v) is 9.04. The van der Waals surface area contributed by atoms with Gasteiger partial charge in [0.15, 0.2) is 0 Å². The van der Waals surface area contributed by atoms with E-state index in [1.165, 1.54) is 24.3 Å². The summed E-state index contributed by atoms with van der Waals surface area (Å²) in [6, 6.07) is 9.55. The maximum atomic E-state index is 12.8. The summed E-state index contributed by atoms with van der Waals surface area (Å²) >= 11 is 0. The molecule has 2 aromatic carbocycles. The molecule has 2 amide bonds. The van der Waals surface area contributed by atoms with Crippen LogP contribution in [-0.2, 0) is 11.3 Å². The third-order valence-electron chi connectivity index (χ3n) is 4.57. The number of halogens is 6. The van der Waals surface area contributed by atoms with E-state index in [1.807, 2.05) is 0 Å². The number of rotatable bonds is 6. The lowest BCUT2D eigenvalue weighted by Gasteiger charge is -2.25. The summed E-state index contributed by atoms with van der Waals surface area (Å²) < 4.78 is 78.4. The number of fused-ring (bicyclic) bond motifs is 1. The molecule has 1 aliphatic rings. The zero-order chi connectivity index (χ0) is 22.8. The smallest absolute Gasteiger partial charge is 0.406 e. The van der Waals surface area contributed by atoms with Crippen LogP contribution in [0.15, 0.2) is 48.5 Å². The molecule has 0 aliphatic carbocycles. The molecule has 5 nitrogen and oxygen atoms in total. The van der Waals surface area contributed by atoms with E-state index < -0.39 is 49.1 Å². The van der Waals surface area contributed by atoms with Crippen LogP contribution in [0, 0.1) is 0 Å². The van der Waals surface area contributed by atoms with Gasteiger partial charge in [-0.15, -0.1) is 13.2 Å². The molecule has 0 radical (unpaired) electrons. The van der Waals surface area contributed by atoms with Gasteiger partial charge in [0.2, 0.25) is 5.91 Å². The van der Waals surface area contributed by atoms with Crippen LogP contribution in [0.5, 0.6) is 5.75 Å². The van der Waals surface area contributed by atoms with E-state index in [4.69, 9.17) is 0 Å². The molecule has 1 unspecified atom stereocenters. The van der Waals surface area contributed by atoms with Crippen LogP contribution < -0.4 is 10.1 Å². The molecule has 3 rings (SSSR count).